The van der Waals surface area contributed by atoms with E-state index >= 15 is 0 Å². The van der Waals surface area contributed by atoms with Crippen LogP contribution in [0.15, 0.2) is 29.8 Å². The molecule has 0 bridgehead atoms. The van der Waals surface area contributed by atoms with E-state index in [9.17, 15) is 4.39 Å². The van der Waals surface area contributed by atoms with Gasteiger partial charge in [-0.3, -0.25) is 0 Å². The van der Waals surface area contributed by atoms with Gasteiger partial charge >= 0.3 is 0 Å². The second-order valence-electron chi connectivity index (χ2n) is 4.29. The van der Waals surface area contributed by atoms with E-state index in [0.717, 1.165) is 12.1 Å². The number of likely N-dealkylation sites (N-methyl/N-ethyl adjacent to an activating group) is 1. The maximum Gasteiger partial charge on any atom is 0.126 e. The zero-order valence-electron chi connectivity index (χ0n) is 10.5. The highest BCUT2D eigenvalue weighted by atomic mass is 19.1. The molecule has 0 aromatic heterocycles. The Balaban J connectivity index is 3.01. The topological polar surface area (TPSA) is 12.0 Å². The Morgan fingerprint density at radius 3 is 2.62 bits per heavy atom. The third kappa shape index (κ3) is 3.46. The van der Waals surface area contributed by atoms with Gasteiger partial charge in [-0.05, 0) is 44.5 Å². The molecule has 0 fully saturated rings. The van der Waals surface area contributed by atoms with E-state index < -0.39 is 0 Å². The fraction of sp³-hybridized carbons (Fsp3) is 0.429. The molecule has 0 amide bonds. The van der Waals surface area contributed by atoms with Crippen LogP contribution in [0, 0.1) is 12.7 Å². The SMILES string of the molecule is CCNC(C=C(C)C)c1ccc(C)c(F)c1. The Morgan fingerprint density at radius 1 is 1.44 bits per heavy atom. The third-order valence-electron chi connectivity index (χ3n) is 2.48. The number of aryl methyl sites for hydroxylation is 1. The lowest BCUT2D eigenvalue weighted by molar-refractivity contribution is 0.602. The van der Waals surface area contributed by atoms with Crippen LogP contribution in [0.3, 0.4) is 0 Å². The van der Waals surface area contributed by atoms with Crippen LogP contribution in [0.1, 0.15) is 37.9 Å². The van der Waals surface area contributed by atoms with Gasteiger partial charge in [-0.15, -0.1) is 0 Å². The molecule has 0 saturated heterocycles. The summed E-state index contributed by atoms with van der Waals surface area (Å²) in [5.74, 6) is -0.137. The summed E-state index contributed by atoms with van der Waals surface area (Å²) in [6.07, 6.45) is 2.12. The largest absolute Gasteiger partial charge is 0.307 e. The van der Waals surface area contributed by atoms with Crippen LogP contribution in [0.4, 0.5) is 4.39 Å². The number of hydrogen-bond donors (Lipinski definition) is 1. The minimum atomic E-state index is -0.137. The van der Waals surface area contributed by atoms with E-state index in [1.165, 1.54) is 5.57 Å². The molecule has 0 aliphatic heterocycles. The van der Waals surface area contributed by atoms with Gasteiger partial charge in [0, 0.05) is 0 Å². The van der Waals surface area contributed by atoms with Crippen molar-refractivity contribution in [2.75, 3.05) is 6.54 Å². The molecular formula is C14H20FN. The van der Waals surface area contributed by atoms with Crippen LogP contribution >= 0.6 is 0 Å². The molecule has 1 N–H and O–H groups in total. The Hall–Kier alpha value is -1.15. The lowest BCUT2D eigenvalue weighted by atomic mass is 10.0. The van der Waals surface area contributed by atoms with Crippen molar-refractivity contribution in [3.8, 4) is 0 Å². The van der Waals surface area contributed by atoms with Gasteiger partial charge in [-0.1, -0.05) is 30.7 Å². The molecule has 1 nitrogen and oxygen atoms in total. The van der Waals surface area contributed by atoms with E-state index in [1.54, 1.807) is 13.0 Å². The third-order valence-corrected chi connectivity index (χ3v) is 2.48. The molecule has 0 heterocycles. The summed E-state index contributed by atoms with van der Waals surface area (Å²) >= 11 is 0. The first-order chi connectivity index (χ1) is 7.54. The molecule has 2 heteroatoms. The molecule has 0 saturated carbocycles. The smallest absolute Gasteiger partial charge is 0.126 e. The Kier molecular flexibility index (Phi) is 4.69. The molecule has 1 rings (SSSR count). The molecule has 88 valence electrons. The van der Waals surface area contributed by atoms with E-state index in [0.29, 0.717) is 5.56 Å². The normalized spacial score (nSPS) is 12.3. The van der Waals surface area contributed by atoms with Crippen molar-refractivity contribution in [1.29, 1.82) is 0 Å². The average Bonchev–Trinajstić information content (AvgIpc) is 2.21. The first-order valence-electron chi connectivity index (χ1n) is 5.69. The highest BCUT2D eigenvalue weighted by Crippen LogP contribution is 2.19. The molecule has 1 unspecified atom stereocenters. The minimum absolute atomic E-state index is 0.102. The van der Waals surface area contributed by atoms with E-state index in [1.807, 2.05) is 12.1 Å². The number of halogens is 1. The van der Waals surface area contributed by atoms with Crippen molar-refractivity contribution in [1.82, 2.24) is 5.32 Å². The number of hydrogen-bond acceptors (Lipinski definition) is 1. The van der Waals surface area contributed by atoms with Gasteiger partial charge < -0.3 is 5.32 Å². The highest BCUT2D eigenvalue weighted by Gasteiger charge is 2.08. The summed E-state index contributed by atoms with van der Waals surface area (Å²) in [5.41, 5.74) is 2.90. The lowest BCUT2D eigenvalue weighted by Crippen LogP contribution is -2.19. The molecule has 16 heavy (non-hydrogen) atoms. The van der Waals surface area contributed by atoms with E-state index in [4.69, 9.17) is 0 Å². The Labute approximate surface area is 97.4 Å². The van der Waals surface area contributed by atoms with Gasteiger partial charge in [0.25, 0.3) is 0 Å². The predicted octanol–water partition coefficient (Wildman–Crippen LogP) is 3.75. The number of benzene rings is 1. The van der Waals surface area contributed by atoms with Crippen molar-refractivity contribution in [2.45, 2.75) is 33.7 Å². The molecular weight excluding hydrogens is 201 g/mol. The van der Waals surface area contributed by atoms with Gasteiger partial charge in [-0.25, -0.2) is 4.39 Å². The molecule has 1 aromatic carbocycles. The Bertz CT molecular complexity index is 378. The number of allylic oxidation sites excluding steroid dienone is 1. The van der Waals surface area contributed by atoms with Crippen molar-refractivity contribution in [3.05, 3.63) is 46.8 Å². The quantitative estimate of drug-likeness (QED) is 0.763. The number of rotatable bonds is 4. The second kappa shape index (κ2) is 5.80. The molecule has 0 aliphatic rings. The standard InChI is InChI=1S/C14H20FN/c1-5-16-14(8-10(2)3)12-7-6-11(4)13(15)9-12/h6-9,14,16H,5H2,1-4H3. The summed E-state index contributed by atoms with van der Waals surface area (Å²) in [6.45, 7) is 8.80. The fourth-order valence-corrected chi connectivity index (χ4v) is 1.63. The first-order valence-corrected chi connectivity index (χ1v) is 5.69. The van der Waals surface area contributed by atoms with Crippen LogP contribution < -0.4 is 5.32 Å². The van der Waals surface area contributed by atoms with Gasteiger partial charge in [0.1, 0.15) is 5.82 Å². The summed E-state index contributed by atoms with van der Waals surface area (Å²) in [6, 6.07) is 5.52. The van der Waals surface area contributed by atoms with Crippen LogP contribution in [0.5, 0.6) is 0 Å². The molecule has 1 aromatic rings. The molecule has 0 radical (unpaired) electrons. The van der Waals surface area contributed by atoms with E-state index in [2.05, 4.69) is 32.2 Å². The van der Waals surface area contributed by atoms with Gasteiger partial charge in [0.15, 0.2) is 0 Å². The van der Waals surface area contributed by atoms with Crippen LogP contribution in [0.2, 0.25) is 0 Å². The fourth-order valence-electron chi connectivity index (χ4n) is 1.63. The summed E-state index contributed by atoms with van der Waals surface area (Å²) < 4.78 is 13.5. The molecule has 0 spiro atoms. The van der Waals surface area contributed by atoms with Crippen LogP contribution in [-0.2, 0) is 0 Å². The number of nitrogens with one attached hydrogen (secondary N) is 1. The van der Waals surface area contributed by atoms with E-state index in [-0.39, 0.29) is 11.9 Å². The van der Waals surface area contributed by atoms with Crippen molar-refractivity contribution in [3.63, 3.8) is 0 Å². The maximum atomic E-state index is 13.5. The minimum Gasteiger partial charge on any atom is -0.307 e. The predicted molar refractivity (Wildman–Crippen MR) is 67.0 cm³/mol. The molecule has 0 aliphatic carbocycles. The van der Waals surface area contributed by atoms with Crippen LogP contribution in [-0.4, -0.2) is 6.54 Å². The summed E-state index contributed by atoms with van der Waals surface area (Å²) in [7, 11) is 0. The zero-order chi connectivity index (χ0) is 12.1. The van der Waals surface area contributed by atoms with Crippen molar-refractivity contribution >= 4 is 0 Å². The average molecular weight is 221 g/mol. The van der Waals surface area contributed by atoms with Crippen molar-refractivity contribution < 1.29 is 4.39 Å². The summed E-state index contributed by atoms with van der Waals surface area (Å²) in [4.78, 5) is 0. The Morgan fingerprint density at radius 2 is 2.12 bits per heavy atom. The van der Waals surface area contributed by atoms with Crippen LogP contribution in [0.25, 0.3) is 0 Å². The van der Waals surface area contributed by atoms with Gasteiger partial charge in [0.2, 0.25) is 0 Å². The van der Waals surface area contributed by atoms with Gasteiger partial charge in [0.05, 0.1) is 6.04 Å². The lowest BCUT2D eigenvalue weighted by Gasteiger charge is -2.15. The van der Waals surface area contributed by atoms with Gasteiger partial charge in [-0.2, -0.15) is 0 Å². The van der Waals surface area contributed by atoms with Crippen molar-refractivity contribution in [2.24, 2.45) is 0 Å². The molecule has 1 atom stereocenters. The maximum absolute atomic E-state index is 13.5. The monoisotopic (exact) mass is 221 g/mol. The highest BCUT2D eigenvalue weighted by molar-refractivity contribution is 5.29. The summed E-state index contributed by atoms with van der Waals surface area (Å²) in [5, 5.41) is 3.33. The second-order valence-corrected chi connectivity index (χ2v) is 4.29. The first kappa shape index (κ1) is 12.9. The zero-order valence-corrected chi connectivity index (χ0v) is 10.5.